The summed E-state index contributed by atoms with van der Waals surface area (Å²) in [6.07, 6.45) is 0. The zero-order chi connectivity index (χ0) is 21.1. The van der Waals surface area contributed by atoms with Crippen LogP contribution in [0.15, 0.2) is 67.6 Å². The summed E-state index contributed by atoms with van der Waals surface area (Å²) in [5, 5.41) is 4.44. The zero-order valence-corrected chi connectivity index (χ0v) is 17.9. The summed E-state index contributed by atoms with van der Waals surface area (Å²) in [7, 11) is 1.57. The van der Waals surface area contributed by atoms with E-state index in [0.717, 1.165) is 15.6 Å². The highest BCUT2D eigenvalue weighted by Gasteiger charge is 2.30. The van der Waals surface area contributed by atoms with Crippen LogP contribution in [-0.4, -0.2) is 28.9 Å². The lowest BCUT2D eigenvalue weighted by Gasteiger charge is -1.98. The van der Waals surface area contributed by atoms with Crippen molar-refractivity contribution in [2.24, 2.45) is 0 Å². The van der Waals surface area contributed by atoms with Gasteiger partial charge in [-0.3, -0.25) is 9.32 Å². The Hall–Kier alpha value is -3.17. The Balaban J connectivity index is 1.49. The molecule has 1 N–H and O–H groups in total. The number of hydrogen-bond donors (Lipinski definition) is 1. The highest BCUT2D eigenvalue weighted by molar-refractivity contribution is 8.01. The fourth-order valence-corrected chi connectivity index (χ4v) is 4.50. The van der Waals surface area contributed by atoms with Crippen molar-refractivity contribution < 1.29 is 18.7 Å². The van der Waals surface area contributed by atoms with E-state index in [1.807, 2.05) is 36.6 Å². The molecule has 30 heavy (non-hydrogen) atoms. The third-order valence-electron chi connectivity index (χ3n) is 4.40. The van der Waals surface area contributed by atoms with Gasteiger partial charge in [0, 0.05) is 23.1 Å². The molecule has 0 aliphatic carbocycles. The van der Waals surface area contributed by atoms with Gasteiger partial charge in [0.25, 0.3) is 0 Å². The molecule has 0 amide bonds. The van der Waals surface area contributed by atoms with Gasteiger partial charge in [0.1, 0.15) is 5.75 Å². The number of Topliss-reactive ketones (excluding diaryl/α,β-unsaturated/α-hetero) is 1. The number of nitrogens with one attached hydrogen (secondary N) is 1. The molecular formula is C21H18N3O4S2+. The number of carbonyl (C=O) groups excluding carboxylic acids is 1. The molecule has 4 aromatic rings. The Labute approximate surface area is 180 Å². The minimum Gasteiger partial charge on any atom is -0.497 e. The minimum atomic E-state index is -0.712. The number of thiazole rings is 1. The van der Waals surface area contributed by atoms with E-state index >= 15 is 0 Å². The first-order chi connectivity index (χ1) is 14.5. The first kappa shape index (κ1) is 20.1. The van der Waals surface area contributed by atoms with Gasteiger partial charge < -0.3 is 4.74 Å². The number of methoxy groups -OCH3 is 1. The fourth-order valence-electron chi connectivity index (χ4n) is 2.80. The Morgan fingerprint density at radius 2 is 1.93 bits per heavy atom. The molecule has 2 heterocycles. The molecule has 0 saturated carbocycles. The molecule has 4 rings (SSSR count). The molecule has 0 radical (unpaired) electrons. The Morgan fingerprint density at radius 3 is 2.63 bits per heavy atom. The van der Waals surface area contributed by atoms with Crippen LogP contribution in [0.2, 0.25) is 0 Å². The van der Waals surface area contributed by atoms with Gasteiger partial charge in [0.05, 0.1) is 18.6 Å². The highest BCUT2D eigenvalue weighted by Crippen LogP contribution is 2.28. The predicted molar refractivity (Wildman–Crippen MR) is 115 cm³/mol. The van der Waals surface area contributed by atoms with E-state index in [2.05, 4.69) is 10.3 Å². The van der Waals surface area contributed by atoms with E-state index in [0.29, 0.717) is 11.4 Å². The first-order valence-electron chi connectivity index (χ1n) is 9.01. The van der Waals surface area contributed by atoms with Crippen LogP contribution in [-0.2, 0) is 0 Å². The lowest BCUT2D eigenvalue weighted by molar-refractivity contribution is -0.672. The van der Waals surface area contributed by atoms with Crippen LogP contribution in [0.25, 0.3) is 16.9 Å². The van der Waals surface area contributed by atoms with Gasteiger partial charge in [0.2, 0.25) is 11.5 Å². The van der Waals surface area contributed by atoms with Crippen LogP contribution in [0, 0.1) is 6.92 Å². The first-order valence-corrected chi connectivity index (χ1v) is 10.9. The van der Waals surface area contributed by atoms with E-state index in [9.17, 15) is 9.59 Å². The molecule has 0 fully saturated rings. The standard InChI is InChI=1S/C21H17N3O4S2/c1-13-3-5-14(6-4-13)17-11-29-21(22-17)30-12-18(25)19-20(26)28-23-24(19)15-7-9-16(27-2)10-8-15/h3-11H,12H2,1-2H3/p+1. The molecule has 0 unspecified atom stereocenters. The normalized spacial score (nSPS) is 10.9. The number of ketones is 1. The number of thioether (sulfide) groups is 1. The minimum absolute atomic E-state index is 0.0667. The molecular weight excluding hydrogens is 422 g/mol. The van der Waals surface area contributed by atoms with E-state index in [-0.39, 0.29) is 17.2 Å². The molecule has 0 aliphatic heterocycles. The van der Waals surface area contributed by atoms with Crippen molar-refractivity contribution in [3.63, 3.8) is 0 Å². The van der Waals surface area contributed by atoms with Gasteiger partial charge in [-0.1, -0.05) is 41.6 Å². The summed E-state index contributed by atoms with van der Waals surface area (Å²) in [6, 6.07) is 15.0. The van der Waals surface area contributed by atoms with Crippen molar-refractivity contribution in [2.75, 3.05) is 12.9 Å². The smallest absolute Gasteiger partial charge is 0.438 e. The van der Waals surface area contributed by atoms with Crippen LogP contribution in [0.3, 0.4) is 0 Å². The Bertz CT molecular complexity index is 1220. The molecule has 0 aliphatic rings. The number of ether oxygens (including phenoxy) is 1. The molecule has 0 atom stereocenters. The second kappa shape index (κ2) is 8.68. The molecule has 0 spiro atoms. The maximum Gasteiger partial charge on any atom is 0.438 e. The van der Waals surface area contributed by atoms with Gasteiger partial charge in [0.15, 0.2) is 4.34 Å². The second-order valence-corrected chi connectivity index (χ2v) is 8.52. The number of aryl methyl sites for hydroxylation is 1. The zero-order valence-electron chi connectivity index (χ0n) is 16.2. The van der Waals surface area contributed by atoms with E-state index in [1.165, 1.54) is 33.3 Å². The summed E-state index contributed by atoms with van der Waals surface area (Å²) in [4.78, 5) is 29.5. The van der Waals surface area contributed by atoms with Crippen LogP contribution in [0.1, 0.15) is 16.1 Å². The van der Waals surface area contributed by atoms with Crippen molar-refractivity contribution in [1.82, 2.24) is 10.3 Å². The van der Waals surface area contributed by atoms with Crippen molar-refractivity contribution >= 4 is 28.9 Å². The largest absolute Gasteiger partial charge is 0.497 e. The quantitative estimate of drug-likeness (QED) is 0.268. The molecule has 7 nitrogen and oxygen atoms in total. The van der Waals surface area contributed by atoms with Gasteiger partial charge >= 0.3 is 11.3 Å². The number of nitrogens with zero attached hydrogens (tertiary/aromatic N) is 2. The Kier molecular flexibility index (Phi) is 5.82. The number of aromatic nitrogens is 3. The SMILES string of the molecule is COc1ccc(-[n+]2[nH]oc(=O)c2C(=O)CSc2nc(-c3ccc(C)cc3)cs2)cc1. The summed E-state index contributed by atoms with van der Waals surface area (Å²) in [5.41, 5.74) is 2.89. The third kappa shape index (κ3) is 4.22. The van der Waals surface area contributed by atoms with Crippen LogP contribution >= 0.6 is 23.1 Å². The molecule has 2 aromatic carbocycles. The highest BCUT2D eigenvalue weighted by atomic mass is 32.2. The molecule has 152 valence electrons. The van der Waals surface area contributed by atoms with Crippen LogP contribution in [0.5, 0.6) is 5.75 Å². The van der Waals surface area contributed by atoms with E-state index in [1.54, 1.807) is 31.4 Å². The summed E-state index contributed by atoms with van der Waals surface area (Å²) in [6.45, 7) is 2.04. The molecule has 0 saturated heterocycles. The Morgan fingerprint density at radius 1 is 1.20 bits per heavy atom. The van der Waals surface area contributed by atoms with Gasteiger partial charge in [-0.05, 0) is 29.0 Å². The average molecular weight is 441 g/mol. The number of aromatic amines is 1. The van der Waals surface area contributed by atoms with Crippen molar-refractivity contribution in [2.45, 2.75) is 11.3 Å². The lowest BCUT2D eigenvalue weighted by Crippen LogP contribution is -2.41. The van der Waals surface area contributed by atoms with Gasteiger partial charge in [-0.15, -0.1) is 11.3 Å². The fraction of sp³-hybridized carbons (Fsp3) is 0.143. The maximum atomic E-state index is 12.8. The van der Waals surface area contributed by atoms with Crippen molar-refractivity contribution in [1.29, 1.82) is 0 Å². The van der Waals surface area contributed by atoms with Crippen LogP contribution < -0.4 is 15.0 Å². The van der Waals surface area contributed by atoms with E-state index < -0.39 is 5.63 Å². The number of H-pyrrole nitrogens is 1. The third-order valence-corrected chi connectivity index (χ3v) is 6.42. The lowest BCUT2D eigenvalue weighted by atomic mass is 10.1. The van der Waals surface area contributed by atoms with Gasteiger partial charge in [-0.2, -0.15) is 0 Å². The molecule has 9 heteroatoms. The van der Waals surface area contributed by atoms with Gasteiger partial charge in [-0.25, -0.2) is 9.78 Å². The van der Waals surface area contributed by atoms with Crippen molar-refractivity contribution in [3.8, 4) is 22.7 Å². The number of rotatable bonds is 7. The monoisotopic (exact) mass is 440 g/mol. The maximum absolute atomic E-state index is 12.8. The topological polar surface area (TPSA) is 89.1 Å². The summed E-state index contributed by atoms with van der Waals surface area (Å²) in [5.74, 6) is 0.388. The molecule has 0 bridgehead atoms. The average Bonchev–Trinajstić information content (AvgIpc) is 3.39. The summed E-state index contributed by atoms with van der Waals surface area (Å²) < 4.78 is 12.1. The number of benzene rings is 2. The second-order valence-electron chi connectivity index (χ2n) is 6.44. The summed E-state index contributed by atoms with van der Waals surface area (Å²) >= 11 is 2.76. The van der Waals surface area contributed by atoms with Crippen LogP contribution in [0.4, 0.5) is 0 Å². The predicted octanol–water partition coefficient (Wildman–Crippen LogP) is 3.66. The van der Waals surface area contributed by atoms with E-state index in [4.69, 9.17) is 9.26 Å². The van der Waals surface area contributed by atoms with Crippen molar-refractivity contribution in [3.05, 3.63) is 75.6 Å². The number of carbonyl (C=O) groups is 1. The molecule has 2 aromatic heterocycles. The number of hydrogen-bond acceptors (Lipinski definition) is 7.